The molecule has 1 amide bonds. The Morgan fingerprint density at radius 1 is 0.897 bits per heavy atom. The fourth-order valence-electron chi connectivity index (χ4n) is 3.13. The summed E-state index contributed by atoms with van der Waals surface area (Å²) in [5.41, 5.74) is 4.07. The molecule has 0 aliphatic heterocycles. The molecule has 1 atom stereocenters. The number of nitrogens with one attached hydrogen (secondary N) is 1. The number of anilines is 1. The molecule has 3 aromatic rings. The molecule has 0 heterocycles. The van der Waals surface area contributed by atoms with Crippen LogP contribution < -0.4 is 9.62 Å². The summed E-state index contributed by atoms with van der Waals surface area (Å²) in [6.07, 6.45) is 1.14. The van der Waals surface area contributed by atoms with E-state index >= 15 is 0 Å². The Labute approximate surface area is 172 Å². The molecule has 29 heavy (non-hydrogen) atoms. The van der Waals surface area contributed by atoms with Crippen molar-refractivity contribution in [3.63, 3.8) is 0 Å². The van der Waals surface area contributed by atoms with Crippen LogP contribution in [0.5, 0.6) is 0 Å². The maximum atomic E-state index is 12.9. The molecule has 1 N–H and O–H groups in total. The number of nitrogens with zero attached hydrogens (tertiary/aromatic N) is 1. The Kier molecular flexibility index (Phi) is 6.03. The summed E-state index contributed by atoms with van der Waals surface area (Å²) in [5, 5.41) is 3.11. The number of amides is 1. The average Bonchev–Trinajstić information content (AvgIpc) is 2.72. The molecule has 5 nitrogen and oxygen atoms in total. The largest absolute Gasteiger partial charge is 0.341 e. The highest BCUT2D eigenvalue weighted by atomic mass is 32.2. The highest BCUT2D eigenvalue weighted by molar-refractivity contribution is 7.92. The number of rotatable bonds is 6. The van der Waals surface area contributed by atoms with Crippen LogP contribution in [-0.2, 0) is 10.0 Å². The van der Waals surface area contributed by atoms with Crippen molar-refractivity contribution in [1.29, 1.82) is 0 Å². The van der Waals surface area contributed by atoms with E-state index in [1.807, 2.05) is 61.5 Å². The zero-order valence-electron chi connectivity index (χ0n) is 16.7. The molecule has 0 spiro atoms. The number of aryl methyl sites for hydroxylation is 1. The molecule has 0 aliphatic carbocycles. The van der Waals surface area contributed by atoms with Gasteiger partial charge in [0.15, 0.2) is 0 Å². The van der Waals surface area contributed by atoms with Gasteiger partial charge < -0.3 is 5.32 Å². The standard InChI is InChI=1S/C23H24N2O3S/c1-17-9-7-8-12-21(17)22(18-10-5-4-6-11-18)24-23(26)19-13-15-20(16-14-19)25(2)29(3,27)28/h4-16,22H,1-3H3,(H,24,26). The SMILES string of the molecule is Cc1ccccc1C(NC(=O)c1ccc(N(C)S(C)(=O)=O)cc1)c1ccccc1. The highest BCUT2D eigenvalue weighted by Gasteiger charge is 2.20. The molecular weight excluding hydrogens is 384 g/mol. The maximum absolute atomic E-state index is 12.9. The summed E-state index contributed by atoms with van der Waals surface area (Å²) in [5.74, 6) is -0.226. The molecule has 0 fully saturated rings. The molecule has 0 saturated carbocycles. The zero-order valence-corrected chi connectivity index (χ0v) is 17.5. The quantitative estimate of drug-likeness (QED) is 0.672. The molecule has 3 aromatic carbocycles. The molecule has 150 valence electrons. The van der Waals surface area contributed by atoms with Crippen molar-refractivity contribution in [3.8, 4) is 0 Å². The molecule has 0 saturated heterocycles. The third kappa shape index (κ3) is 4.84. The summed E-state index contributed by atoms with van der Waals surface area (Å²) < 4.78 is 24.6. The minimum Gasteiger partial charge on any atom is -0.341 e. The lowest BCUT2D eigenvalue weighted by atomic mass is 9.94. The first-order valence-electron chi connectivity index (χ1n) is 9.22. The van der Waals surface area contributed by atoms with E-state index in [4.69, 9.17) is 0 Å². The van der Waals surface area contributed by atoms with Crippen LogP contribution >= 0.6 is 0 Å². The predicted octanol–water partition coefficient (Wildman–Crippen LogP) is 3.91. The Morgan fingerprint density at radius 2 is 1.48 bits per heavy atom. The van der Waals surface area contributed by atoms with Gasteiger partial charge in [0.05, 0.1) is 18.0 Å². The van der Waals surface area contributed by atoms with E-state index in [2.05, 4.69) is 5.32 Å². The summed E-state index contributed by atoms with van der Waals surface area (Å²) in [7, 11) is -1.87. The van der Waals surface area contributed by atoms with E-state index in [1.165, 1.54) is 11.4 Å². The number of carbonyl (C=O) groups is 1. The van der Waals surface area contributed by atoms with Gasteiger partial charge in [0.25, 0.3) is 5.91 Å². The van der Waals surface area contributed by atoms with Gasteiger partial charge in [-0.3, -0.25) is 9.10 Å². The monoisotopic (exact) mass is 408 g/mol. The number of sulfonamides is 1. The van der Waals surface area contributed by atoms with Gasteiger partial charge in [-0.25, -0.2) is 8.42 Å². The normalized spacial score (nSPS) is 12.2. The van der Waals surface area contributed by atoms with Crippen LogP contribution in [0, 0.1) is 6.92 Å². The van der Waals surface area contributed by atoms with Gasteiger partial charge in [0, 0.05) is 12.6 Å². The van der Waals surface area contributed by atoms with Crippen LogP contribution in [0.3, 0.4) is 0 Å². The van der Waals surface area contributed by atoms with Crippen LogP contribution in [0.25, 0.3) is 0 Å². The van der Waals surface area contributed by atoms with Crippen LogP contribution in [0.2, 0.25) is 0 Å². The smallest absolute Gasteiger partial charge is 0.252 e. The lowest BCUT2D eigenvalue weighted by Gasteiger charge is -2.22. The van der Waals surface area contributed by atoms with E-state index in [-0.39, 0.29) is 11.9 Å². The van der Waals surface area contributed by atoms with Crippen LogP contribution in [-0.4, -0.2) is 27.6 Å². The fraction of sp³-hybridized carbons (Fsp3) is 0.174. The number of hydrogen-bond acceptors (Lipinski definition) is 3. The molecule has 0 aromatic heterocycles. The Bertz CT molecular complexity index is 1090. The lowest BCUT2D eigenvalue weighted by Crippen LogP contribution is -2.30. The lowest BCUT2D eigenvalue weighted by molar-refractivity contribution is 0.0943. The Morgan fingerprint density at radius 3 is 2.07 bits per heavy atom. The van der Waals surface area contributed by atoms with Crippen LogP contribution in [0.4, 0.5) is 5.69 Å². The Balaban J connectivity index is 1.89. The van der Waals surface area contributed by atoms with Crippen molar-refractivity contribution >= 4 is 21.6 Å². The molecule has 0 radical (unpaired) electrons. The molecule has 0 aliphatic rings. The first-order chi connectivity index (χ1) is 13.8. The van der Waals surface area contributed by atoms with E-state index in [9.17, 15) is 13.2 Å². The summed E-state index contributed by atoms with van der Waals surface area (Å²) in [4.78, 5) is 12.9. The number of benzene rings is 3. The fourth-order valence-corrected chi connectivity index (χ4v) is 3.63. The van der Waals surface area contributed by atoms with Gasteiger partial charge >= 0.3 is 0 Å². The van der Waals surface area contributed by atoms with Gasteiger partial charge in [0.2, 0.25) is 10.0 Å². The number of hydrogen-bond donors (Lipinski definition) is 1. The first-order valence-corrected chi connectivity index (χ1v) is 11.1. The van der Waals surface area contributed by atoms with Crippen molar-refractivity contribution in [2.24, 2.45) is 0 Å². The maximum Gasteiger partial charge on any atom is 0.252 e. The number of carbonyl (C=O) groups excluding carboxylic acids is 1. The van der Waals surface area contributed by atoms with Crippen molar-refractivity contribution in [2.75, 3.05) is 17.6 Å². The summed E-state index contributed by atoms with van der Waals surface area (Å²) in [6, 6.07) is 24.0. The second-order valence-electron chi connectivity index (χ2n) is 6.95. The second-order valence-corrected chi connectivity index (χ2v) is 8.96. The van der Waals surface area contributed by atoms with Crippen molar-refractivity contribution in [1.82, 2.24) is 5.32 Å². The predicted molar refractivity (Wildman–Crippen MR) is 117 cm³/mol. The van der Waals surface area contributed by atoms with Crippen LogP contribution in [0.15, 0.2) is 78.9 Å². The van der Waals surface area contributed by atoms with Crippen LogP contribution in [0.1, 0.15) is 33.1 Å². The van der Waals surface area contributed by atoms with Gasteiger partial charge in [0.1, 0.15) is 0 Å². The zero-order chi connectivity index (χ0) is 21.0. The molecule has 3 rings (SSSR count). The molecule has 6 heteroatoms. The third-order valence-corrected chi connectivity index (χ3v) is 6.10. The van der Waals surface area contributed by atoms with Gasteiger partial charge in [-0.05, 0) is 47.9 Å². The molecule has 1 unspecified atom stereocenters. The molecular formula is C23H24N2O3S. The highest BCUT2D eigenvalue weighted by Crippen LogP contribution is 2.25. The second kappa shape index (κ2) is 8.49. The third-order valence-electron chi connectivity index (χ3n) is 4.90. The summed E-state index contributed by atoms with van der Waals surface area (Å²) >= 11 is 0. The van der Waals surface area contributed by atoms with Crippen molar-refractivity contribution in [3.05, 3.63) is 101 Å². The first kappa shape index (κ1) is 20.6. The topological polar surface area (TPSA) is 66.5 Å². The molecule has 0 bridgehead atoms. The van der Waals surface area contributed by atoms with E-state index in [0.29, 0.717) is 11.3 Å². The van der Waals surface area contributed by atoms with E-state index in [0.717, 1.165) is 22.9 Å². The van der Waals surface area contributed by atoms with Gasteiger partial charge in [-0.15, -0.1) is 0 Å². The minimum absolute atomic E-state index is 0.226. The minimum atomic E-state index is -3.35. The van der Waals surface area contributed by atoms with E-state index in [1.54, 1.807) is 24.3 Å². The van der Waals surface area contributed by atoms with Crippen molar-refractivity contribution in [2.45, 2.75) is 13.0 Å². The van der Waals surface area contributed by atoms with Gasteiger partial charge in [-0.1, -0.05) is 54.6 Å². The average molecular weight is 409 g/mol. The summed E-state index contributed by atoms with van der Waals surface area (Å²) in [6.45, 7) is 2.02. The Hall–Kier alpha value is -3.12. The van der Waals surface area contributed by atoms with Crippen molar-refractivity contribution < 1.29 is 13.2 Å². The van der Waals surface area contributed by atoms with Gasteiger partial charge in [-0.2, -0.15) is 0 Å². The van der Waals surface area contributed by atoms with E-state index < -0.39 is 10.0 Å².